The predicted octanol–water partition coefficient (Wildman–Crippen LogP) is 4.00. The minimum atomic E-state index is -0.369. The SMILES string of the molecule is N#Cc1cccc2[nH]c(-c3ccc(Br)cc3F)nc12. The highest BCUT2D eigenvalue weighted by Gasteiger charge is 2.12. The number of aromatic nitrogens is 2. The summed E-state index contributed by atoms with van der Waals surface area (Å²) in [6.45, 7) is 0. The van der Waals surface area contributed by atoms with Gasteiger partial charge < -0.3 is 4.98 Å². The highest BCUT2D eigenvalue weighted by Crippen LogP contribution is 2.26. The summed E-state index contributed by atoms with van der Waals surface area (Å²) in [6, 6.07) is 12.1. The van der Waals surface area contributed by atoms with E-state index in [1.54, 1.807) is 24.3 Å². The van der Waals surface area contributed by atoms with E-state index in [9.17, 15) is 4.39 Å². The van der Waals surface area contributed by atoms with Gasteiger partial charge in [0.2, 0.25) is 0 Å². The molecule has 0 amide bonds. The number of fused-ring (bicyclic) bond motifs is 1. The molecule has 0 atom stereocenters. The fraction of sp³-hybridized carbons (Fsp3) is 0. The van der Waals surface area contributed by atoms with Crippen molar-refractivity contribution in [1.29, 1.82) is 5.26 Å². The van der Waals surface area contributed by atoms with E-state index in [0.717, 1.165) is 5.52 Å². The normalized spacial score (nSPS) is 10.6. The van der Waals surface area contributed by atoms with Crippen LogP contribution in [0.3, 0.4) is 0 Å². The molecule has 0 aliphatic heterocycles. The number of para-hydroxylation sites is 1. The highest BCUT2D eigenvalue weighted by molar-refractivity contribution is 9.10. The van der Waals surface area contributed by atoms with Gasteiger partial charge in [-0.1, -0.05) is 22.0 Å². The summed E-state index contributed by atoms with van der Waals surface area (Å²) >= 11 is 3.21. The fourth-order valence-electron chi connectivity index (χ4n) is 1.93. The van der Waals surface area contributed by atoms with E-state index < -0.39 is 0 Å². The van der Waals surface area contributed by atoms with Crippen molar-refractivity contribution in [3.05, 3.63) is 52.3 Å². The van der Waals surface area contributed by atoms with Gasteiger partial charge >= 0.3 is 0 Å². The molecule has 2 aromatic carbocycles. The lowest BCUT2D eigenvalue weighted by molar-refractivity contribution is 0.629. The number of imidazole rings is 1. The van der Waals surface area contributed by atoms with Crippen LogP contribution >= 0.6 is 15.9 Å². The topological polar surface area (TPSA) is 52.5 Å². The van der Waals surface area contributed by atoms with E-state index in [4.69, 9.17) is 5.26 Å². The molecule has 1 N–H and O–H groups in total. The minimum absolute atomic E-state index is 0.369. The van der Waals surface area contributed by atoms with Crippen LogP contribution in [0.2, 0.25) is 0 Å². The van der Waals surface area contributed by atoms with Crippen molar-refractivity contribution in [2.24, 2.45) is 0 Å². The molecule has 0 aliphatic rings. The number of nitriles is 1. The van der Waals surface area contributed by atoms with E-state index in [1.807, 2.05) is 6.07 Å². The molecule has 0 saturated carbocycles. The van der Waals surface area contributed by atoms with Crippen molar-refractivity contribution in [1.82, 2.24) is 9.97 Å². The lowest BCUT2D eigenvalue weighted by Crippen LogP contribution is -1.86. The molecule has 92 valence electrons. The van der Waals surface area contributed by atoms with Gasteiger partial charge in [0, 0.05) is 4.47 Å². The summed E-state index contributed by atoms with van der Waals surface area (Å²) in [7, 11) is 0. The summed E-state index contributed by atoms with van der Waals surface area (Å²) in [5.74, 6) is 0.0506. The molecule has 3 rings (SSSR count). The number of halogens is 2. The van der Waals surface area contributed by atoms with Crippen LogP contribution in [0.5, 0.6) is 0 Å². The largest absolute Gasteiger partial charge is 0.338 e. The van der Waals surface area contributed by atoms with Crippen LogP contribution in [0.1, 0.15) is 5.56 Å². The zero-order chi connectivity index (χ0) is 13.4. The molecule has 0 spiro atoms. The number of aromatic amines is 1. The number of hydrogen-bond donors (Lipinski definition) is 1. The molecule has 0 aliphatic carbocycles. The number of hydrogen-bond acceptors (Lipinski definition) is 2. The van der Waals surface area contributed by atoms with E-state index in [1.165, 1.54) is 6.07 Å². The third-order valence-corrected chi connectivity index (χ3v) is 3.31. The zero-order valence-corrected chi connectivity index (χ0v) is 11.2. The maximum Gasteiger partial charge on any atom is 0.141 e. The van der Waals surface area contributed by atoms with Crippen molar-refractivity contribution < 1.29 is 4.39 Å². The van der Waals surface area contributed by atoms with Gasteiger partial charge in [-0.15, -0.1) is 0 Å². The molecular weight excluding hydrogens is 309 g/mol. The van der Waals surface area contributed by atoms with Gasteiger partial charge in [-0.2, -0.15) is 5.26 Å². The monoisotopic (exact) mass is 315 g/mol. The maximum atomic E-state index is 13.9. The van der Waals surface area contributed by atoms with E-state index >= 15 is 0 Å². The smallest absolute Gasteiger partial charge is 0.141 e. The Balaban J connectivity index is 2.24. The van der Waals surface area contributed by atoms with E-state index in [2.05, 4.69) is 32.0 Å². The molecule has 3 aromatic rings. The molecule has 0 bridgehead atoms. The lowest BCUT2D eigenvalue weighted by Gasteiger charge is -1.99. The second-order valence-corrected chi connectivity index (χ2v) is 4.94. The predicted molar refractivity (Wildman–Crippen MR) is 73.9 cm³/mol. The third kappa shape index (κ3) is 2.00. The second kappa shape index (κ2) is 4.48. The highest BCUT2D eigenvalue weighted by atomic mass is 79.9. The van der Waals surface area contributed by atoms with Gasteiger partial charge in [0.1, 0.15) is 23.2 Å². The average molecular weight is 316 g/mol. The molecule has 0 radical (unpaired) electrons. The molecular formula is C14H7BrFN3. The Morgan fingerprint density at radius 3 is 2.84 bits per heavy atom. The van der Waals surface area contributed by atoms with Crippen molar-refractivity contribution in [3.63, 3.8) is 0 Å². The first-order valence-corrected chi connectivity index (χ1v) is 6.32. The lowest BCUT2D eigenvalue weighted by atomic mass is 10.2. The summed E-state index contributed by atoms with van der Waals surface area (Å²) in [4.78, 5) is 7.34. The summed E-state index contributed by atoms with van der Waals surface area (Å²) in [5, 5.41) is 9.02. The molecule has 0 fully saturated rings. The average Bonchev–Trinajstić information content (AvgIpc) is 2.81. The van der Waals surface area contributed by atoms with Crippen LogP contribution in [0.25, 0.3) is 22.4 Å². The number of H-pyrrole nitrogens is 1. The summed E-state index contributed by atoms with van der Waals surface area (Å²) in [5.41, 5.74) is 2.12. The Morgan fingerprint density at radius 1 is 1.26 bits per heavy atom. The number of rotatable bonds is 1. The first-order chi connectivity index (χ1) is 9.19. The maximum absolute atomic E-state index is 13.9. The molecule has 0 saturated heterocycles. The van der Waals surface area contributed by atoms with Crippen molar-refractivity contribution in [2.45, 2.75) is 0 Å². The fourth-order valence-corrected chi connectivity index (χ4v) is 2.26. The van der Waals surface area contributed by atoms with Crippen LogP contribution in [0, 0.1) is 17.1 Å². The van der Waals surface area contributed by atoms with Gasteiger partial charge in [0.05, 0.1) is 16.6 Å². The van der Waals surface area contributed by atoms with Gasteiger partial charge in [-0.3, -0.25) is 0 Å². The first-order valence-electron chi connectivity index (χ1n) is 5.53. The zero-order valence-electron chi connectivity index (χ0n) is 9.61. The summed E-state index contributed by atoms with van der Waals surface area (Å²) in [6.07, 6.45) is 0. The van der Waals surface area contributed by atoms with Crippen LogP contribution in [-0.2, 0) is 0 Å². The first kappa shape index (κ1) is 11.9. The molecule has 3 nitrogen and oxygen atoms in total. The minimum Gasteiger partial charge on any atom is -0.338 e. The second-order valence-electron chi connectivity index (χ2n) is 4.02. The Labute approximate surface area is 116 Å². The van der Waals surface area contributed by atoms with Crippen LogP contribution in [-0.4, -0.2) is 9.97 Å². The number of nitrogens with zero attached hydrogens (tertiary/aromatic N) is 2. The van der Waals surface area contributed by atoms with Crippen LogP contribution in [0.15, 0.2) is 40.9 Å². The Morgan fingerprint density at radius 2 is 2.11 bits per heavy atom. The van der Waals surface area contributed by atoms with E-state index in [-0.39, 0.29) is 5.82 Å². The van der Waals surface area contributed by atoms with Gasteiger partial charge in [0.15, 0.2) is 0 Å². The van der Waals surface area contributed by atoms with Gasteiger partial charge in [-0.25, -0.2) is 9.37 Å². The standard InChI is InChI=1S/C14H7BrFN3/c15-9-4-5-10(11(16)6-9)14-18-12-3-1-2-8(7-17)13(12)19-14/h1-6H,(H,18,19). The summed E-state index contributed by atoms with van der Waals surface area (Å²) < 4.78 is 14.6. The third-order valence-electron chi connectivity index (χ3n) is 2.82. The Kier molecular flexibility index (Phi) is 2.80. The van der Waals surface area contributed by atoms with Gasteiger partial charge in [-0.05, 0) is 30.3 Å². The number of nitrogens with one attached hydrogen (secondary N) is 1. The number of benzene rings is 2. The molecule has 1 heterocycles. The van der Waals surface area contributed by atoms with Crippen molar-refractivity contribution >= 4 is 27.0 Å². The molecule has 0 unspecified atom stereocenters. The van der Waals surface area contributed by atoms with Gasteiger partial charge in [0.25, 0.3) is 0 Å². The Hall–Kier alpha value is -2.19. The van der Waals surface area contributed by atoms with E-state index in [0.29, 0.717) is 26.9 Å². The quantitative estimate of drug-likeness (QED) is 0.737. The van der Waals surface area contributed by atoms with Crippen molar-refractivity contribution in [2.75, 3.05) is 0 Å². The van der Waals surface area contributed by atoms with Crippen LogP contribution < -0.4 is 0 Å². The Bertz CT molecular complexity index is 817. The molecule has 5 heteroatoms. The van der Waals surface area contributed by atoms with Crippen molar-refractivity contribution in [3.8, 4) is 17.5 Å². The van der Waals surface area contributed by atoms with Crippen LogP contribution in [0.4, 0.5) is 4.39 Å². The molecule has 1 aromatic heterocycles. The molecule has 19 heavy (non-hydrogen) atoms.